The van der Waals surface area contributed by atoms with Crippen LogP contribution in [-0.2, 0) is 17.7 Å². The number of hydrogen-bond donors (Lipinski definition) is 3. The molecule has 2 aromatic carbocycles. The summed E-state index contributed by atoms with van der Waals surface area (Å²) in [7, 11) is 1.58. The lowest BCUT2D eigenvalue weighted by Crippen LogP contribution is -2.49. The molecule has 0 aliphatic heterocycles. The Morgan fingerprint density at radius 1 is 1.10 bits per heavy atom. The molecule has 0 aliphatic carbocycles. The highest BCUT2D eigenvalue weighted by molar-refractivity contribution is 5.68. The number of rotatable bonds is 9. The van der Waals surface area contributed by atoms with Gasteiger partial charge in [-0.15, -0.1) is 0 Å². The fourth-order valence-corrected chi connectivity index (χ4v) is 3.01. The summed E-state index contributed by atoms with van der Waals surface area (Å²) in [6.07, 6.45) is -1.73. The Morgan fingerprint density at radius 3 is 2.39 bits per heavy atom. The second kappa shape index (κ2) is 11.1. The lowest BCUT2D eigenvalue weighted by molar-refractivity contribution is 0.0422. The van der Waals surface area contributed by atoms with Crippen LogP contribution in [0.15, 0.2) is 42.5 Å². The quantitative estimate of drug-likeness (QED) is 0.560. The summed E-state index contributed by atoms with van der Waals surface area (Å²) in [5.41, 5.74) is 0.538. The van der Waals surface area contributed by atoms with E-state index in [9.17, 15) is 18.7 Å². The molecule has 2 aromatic rings. The molecule has 0 saturated carbocycles. The number of halogens is 2. The van der Waals surface area contributed by atoms with Crippen LogP contribution < -0.4 is 15.4 Å². The van der Waals surface area contributed by atoms with Crippen molar-refractivity contribution in [2.75, 3.05) is 13.7 Å². The molecule has 0 spiro atoms. The number of ether oxygens (including phenoxy) is 2. The third-order valence-electron chi connectivity index (χ3n) is 4.36. The maximum absolute atomic E-state index is 13.6. The lowest BCUT2D eigenvalue weighted by Gasteiger charge is -2.27. The monoisotopic (exact) mass is 436 g/mol. The summed E-state index contributed by atoms with van der Waals surface area (Å²) in [5.74, 6) is -0.731. The molecule has 170 valence electrons. The van der Waals surface area contributed by atoms with Gasteiger partial charge in [0.15, 0.2) is 0 Å². The third kappa shape index (κ3) is 8.90. The molecule has 0 unspecified atom stereocenters. The van der Waals surface area contributed by atoms with Crippen LogP contribution in [0.25, 0.3) is 0 Å². The Hall–Kier alpha value is -2.71. The number of benzene rings is 2. The van der Waals surface area contributed by atoms with Gasteiger partial charge in [-0.25, -0.2) is 13.6 Å². The number of methoxy groups -OCH3 is 1. The van der Waals surface area contributed by atoms with Crippen LogP contribution in [-0.4, -0.2) is 42.6 Å². The Kier molecular flexibility index (Phi) is 8.76. The minimum absolute atomic E-state index is 0.0237. The molecule has 1 amide bonds. The van der Waals surface area contributed by atoms with Crippen molar-refractivity contribution in [3.05, 3.63) is 65.2 Å². The zero-order valence-corrected chi connectivity index (χ0v) is 18.2. The SMILES string of the molecule is COc1cccc(CNC[C@H](O)[C@H](Cc2cc(F)cc(F)c2)NC(=O)OC(C)(C)C)c1. The fourth-order valence-electron chi connectivity index (χ4n) is 3.01. The van der Waals surface area contributed by atoms with Gasteiger partial charge in [-0.05, 0) is 62.6 Å². The Morgan fingerprint density at radius 2 is 1.77 bits per heavy atom. The topological polar surface area (TPSA) is 79.8 Å². The van der Waals surface area contributed by atoms with Crippen LogP contribution >= 0.6 is 0 Å². The Balaban J connectivity index is 2.05. The molecule has 0 radical (unpaired) electrons. The molecule has 0 heterocycles. The first-order valence-corrected chi connectivity index (χ1v) is 10.0. The smallest absolute Gasteiger partial charge is 0.407 e. The number of aliphatic hydroxyl groups is 1. The molecule has 31 heavy (non-hydrogen) atoms. The number of alkyl carbamates (subject to hydrolysis) is 1. The van der Waals surface area contributed by atoms with E-state index in [4.69, 9.17) is 9.47 Å². The Bertz CT molecular complexity index is 851. The van der Waals surface area contributed by atoms with E-state index in [1.807, 2.05) is 24.3 Å². The highest BCUT2D eigenvalue weighted by atomic mass is 19.1. The molecule has 6 nitrogen and oxygen atoms in total. The predicted molar refractivity (Wildman–Crippen MR) is 114 cm³/mol. The average Bonchev–Trinajstić information content (AvgIpc) is 2.65. The van der Waals surface area contributed by atoms with E-state index in [2.05, 4.69) is 10.6 Å². The van der Waals surface area contributed by atoms with Gasteiger partial charge in [0.2, 0.25) is 0 Å². The highest BCUT2D eigenvalue weighted by Crippen LogP contribution is 2.14. The van der Waals surface area contributed by atoms with Gasteiger partial charge < -0.3 is 25.2 Å². The van der Waals surface area contributed by atoms with Crippen molar-refractivity contribution < 1.29 is 28.2 Å². The van der Waals surface area contributed by atoms with Crippen molar-refractivity contribution >= 4 is 6.09 Å². The van der Waals surface area contributed by atoms with Crippen molar-refractivity contribution in [2.24, 2.45) is 0 Å². The van der Waals surface area contributed by atoms with E-state index in [0.717, 1.165) is 17.4 Å². The van der Waals surface area contributed by atoms with E-state index >= 15 is 0 Å². The maximum Gasteiger partial charge on any atom is 0.407 e. The van der Waals surface area contributed by atoms with Gasteiger partial charge in [0.05, 0.1) is 19.3 Å². The minimum Gasteiger partial charge on any atom is -0.497 e. The van der Waals surface area contributed by atoms with Gasteiger partial charge in [0, 0.05) is 19.2 Å². The van der Waals surface area contributed by atoms with Crippen LogP contribution in [0.2, 0.25) is 0 Å². The van der Waals surface area contributed by atoms with Gasteiger partial charge in [0.25, 0.3) is 0 Å². The van der Waals surface area contributed by atoms with E-state index in [-0.39, 0.29) is 13.0 Å². The number of carbonyl (C=O) groups is 1. The zero-order valence-electron chi connectivity index (χ0n) is 18.2. The molecule has 0 fully saturated rings. The van der Waals surface area contributed by atoms with Gasteiger partial charge >= 0.3 is 6.09 Å². The van der Waals surface area contributed by atoms with Crippen molar-refractivity contribution in [3.8, 4) is 5.75 Å². The normalized spacial score (nSPS) is 13.4. The second-order valence-electron chi connectivity index (χ2n) is 8.28. The molecule has 2 rings (SSSR count). The number of amides is 1. The van der Waals surface area contributed by atoms with E-state index in [1.54, 1.807) is 27.9 Å². The summed E-state index contributed by atoms with van der Waals surface area (Å²) in [5, 5.41) is 16.4. The third-order valence-corrected chi connectivity index (χ3v) is 4.36. The van der Waals surface area contributed by atoms with Crippen molar-refractivity contribution in [3.63, 3.8) is 0 Å². The van der Waals surface area contributed by atoms with Crippen LogP contribution in [0.5, 0.6) is 5.75 Å². The summed E-state index contributed by atoms with van der Waals surface area (Å²) in [4.78, 5) is 12.2. The fraction of sp³-hybridized carbons (Fsp3) is 0.435. The number of carbonyl (C=O) groups excluding carboxylic acids is 1. The standard InChI is InChI=1S/C23H30F2N2O4/c1-23(2,3)31-22(29)27-20(11-16-8-17(24)12-18(25)9-16)21(28)14-26-13-15-6-5-7-19(10-15)30-4/h5-10,12,20-21,26,28H,11,13-14H2,1-4H3,(H,27,29)/t20-,21-/m0/s1. The molecular formula is C23H30F2N2O4. The lowest BCUT2D eigenvalue weighted by atomic mass is 10.0. The predicted octanol–water partition coefficient (Wildman–Crippen LogP) is 3.56. The summed E-state index contributed by atoms with van der Waals surface area (Å²) < 4.78 is 37.6. The molecule has 0 aliphatic rings. The number of aliphatic hydroxyl groups excluding tert-OH is 1. The zero-order chi connectivity index (χ0) is 23.0. The summed E-state index contributed by atoms with van der Waals surface area (Å²) in [6.45, 7) is 5.75. The van der Waals surface area contributed by atoms with Crippen molar-refractivity contribution in [1.29, 1.82) is 0 Å². The van der Waals surface area contributed by atoms with Crippen LogP contribution in [0, 0.1) is 11.6 Å². The van der Waals surface area contributed by atoms with Crippen LogP contribution in [0.3, 0.4) is 0 Å². The van der Waals surface area contributed by atoms with Crippen molar-refractivity contribution in [1.82, 2.24) is 10.6 Å². The Labute approximate surface area is 181 Å². The first-order valence-electron chi connectivity index (χ1n) is 10.0. The first kappa shape index (κ1) is 24.6. The van der Waals surface area contributed by atoms with Gasteiger partial charge in [-0.2, -0.15) is 0 Å². The molecule has 0 bridgehead atoms. The molecular weight excluding hydrogens is 406 g/mol. The van der Waals surface area contributed by atoms with E-state index in [0.29, 0.717) is 12.1 Å². The van der Waals surface area contributed by atoms with Crippen molar-refractivity contribution in [2.45, 2.75) is 51.5 Å². The van der Waals surface area contributed by atoms with Crippen LogP contribution in [0.4, 0.5) is 13.6 Å². The van der Waals surface area contributed by atoms with E-state index in [1.165, 1.54) is 12.1 Å². The highest BCUT2D eigenvalue weighted by Gasteiger charge is 2.25. The summed E-state index contributed by atoms with van der Waals surface area (Å²) in [6, 6.07) is 9.75. The summed E-state index contributed by atoms with van der Waals surface area (Å²) >= 11 is 0. The average molecular weight is 436 g/mol. The van der Waals surface area contributed by atoms with Crippen LogP contribution in [0.1, 0.15) is 31.9 Å². The van der Waals surface area contributed by atoms with E-state index < -0.39 is 35.5 Å². The molecule has 8 heteroatoms. The van der Waals surface area contributed by atoms with Gasteiger partial charge in [-0.3, -0.25) is 0 Å². The first-order chi connectivity index (χ1) is 14.6. The molecule has 2 atom stereocenters. The molecule has 0 saturated heterocycles. The number of nitrogens with one attached hydrogen (secondary N) is 2. The maximum atomic E-state index is 13.6. The van der Waals surface area contributed by atoms with Gasteiger partial charge in [0.1, 0.15) is 23.0 Å². The number of hydrogen-bond acceptors (Lipinski definition) is 5. The molecule has 0 aromatic heterocycles. The second-order valence-corrected chi connectivity index (χ2v) is 8.28. The van der Waals surface area contributed by atoms with Gasteiger partial charge in [-0.1, -0.05) is 12.1 Å². The minimum atomic E-state index is -1.04. The largest absolute Gasteiger partial charge is 0.497 e. The molecule has 3 N–H and O–H groups in total.